The third-order valence-corrected chi connectivity index (χ3v) is 6.45. The highest BCUT2D eigenvalue weighted by atomic mass is 32.2. The van der Waals surface area contributed by atoms with E-state index in [0.29, 0.717) is 31.9 Å². The number of morpholine rings is 1. The number of nitrogens with one attached hydrogen (secondary N) is 1. The van der Waals surface area contributed by atoms with Crippen LogP contribution in [-0.4, -0.2) is 99.6 Å². The number of hydrogen-bond donors (Lipinski definition) is 1. The molecular weight excluding hydrogens is 427 g/mol. The van der Waals surface area contributed by atoms with Crippen molar-refractivity contribution < 1.29 is 27.1 Å². The lowest BCUT2D eigenvalue weighted by atomic mass is 10.1. The monoisotopic (exact) mass is 458 g/mol. The molecule has 0 aromatic heterocycles. The molecule has 174 valence electrons. The van der Waals surface area contributed by atoms with Gasteiger partial charge < -0.3 is 15.0 Å². The SMILES string of the molecule is C[C@@H](C(=O)NCCN1CCOCC1)N(Cc1ccc(F)cc1)C(=O)CN(C)S(C)(=O)=O. The Bertz CT molecular complexity index is 844. The smallest absolute Gasteiger partial charge is 0.242 e. The summed E-state index contributed by atoms with van der Waals surface area (Å²) in [6.45, 7) is 5.27. The van der Waals surface area contributed by atoms with E-state index in [4.69, 9.17) is 4.74 Å². The van der Waals surface area contributed by atoms with E-state index in [-0.39, 0.29) is 12.5 Å². The number of carbonyl (C=O) groups is 2. The molecule has 1 aliphatic rings. The predicted octanol–water partition coefficient (Wildman–Crippen LogP) is -0.117. The van der Waals surface area contributed by atoms with Crippen molar-refractivity contribution in [3.63, 3.8) is 0 Å². The van der Waals surface area contributed by atoms with Gasteiger partial charge in [-0.05, 0) is 24.6 Å². The van der Waals surface area contributed by atoms with Gasteiger partial charge in [-0.25, -0.2) is 12.8 Å². The van der Waals surface area contributed by atoms with Crippen molar-refractivity contribution in [1.82, 2.24) is 19.4 Å². The van der Waals surface area contributed by atoms with Crippen LogP contribution in [0.4, 0.5) is 4.39 Å². The molecule has 0 bridgehead atoms. The van der Waals surface area contributed by atoms with Crippen LogP contribution in [0, 0.1) is 5.82 Å². The molecule has 1 aliphatic heterocycles. The van der Waals surface area contributed by atoms with Crippen molar-refractivity contribution in [1.29, 1.82) is 0 Å². The van der Waals surface area contributed by atoms with Crippen LogP contribution in [0.2, 0.25) is 0 Å². The third-order valence-electron chi connectivity index (χ3n) is 5.19. The Kier molecular flexibility index (Phi) is 9.35. The van der Waals surface area contributed by atoms with Crippen molar-refractivity contribution in [3.8, 4) is 0 Å². The van der Waals surface area contributed by atoms with Crippen LogP contribution in [0.5, 0.6) is 0 Å². The summed E-state index contributed by atoms with van der Waals surface area (Å²) in [6.07, 6.45) is 1.01. The summed E-state index contributed by atoms with van der Waals surface area (Å²) in [6, 6.07) is 4.76. The number of carbonyl (C=O) groups excluding carboxylic acids is 2. The van der Waals surface area contributed by atoms with Gasteiger partial charge in [-0.2, -0.15) is 4.31 Å². The van der Waals surface area contributed by atoms with Crippen LogP contribution < -0.4 is 5.32 Å². The van der Waals surface area contributed by atoms with E-state index in [9.17, 15) is 22.4 Å². The van der Waals surface area contributed by atoms with Gasteiger partial charge in [0.1, 0.15) is 11.9 Å². The summed E-state index contributed by atoms with van der Waals surface area (Å²) >= 11 is 0. The summed E-state index contributed by atoms with van der Waals surface area (Å²) in [5, 5.41) is 2.84. The first-order valence-corrected chi connectivity index (χ1v) is 12.0. The number of amides is 2. The Morgan fingerprint density at radius 2 is 1.84 bits per heavy atom. The molecule has 1 aromatic carbocycles. The van der Waals surface area contributed by atoms with Crippen molar-refractivity contribution in [2.75, 3.05) is 59.2 Å². The maximum Gasteiger partial charge on any atom is 0.242 e. The molecule has 31 heavy (non-hydrogen) atoms. The molecule has 1 saturated heterocycles. The highest BCUT2D eigenvalue weighted by Crippen LogP contribution is 2.12. The minimum Gasteiger partial charge on any atom is -0.379 e. The standard InChI is InChI=1S/C20H31FN4O5S/c1-16(20(27)22-8-9-24-10-12-30-13-11-24)25(14-17-4-6-18(21)7-5-17)19(26)15-23(2)31(3,28)29/h4-7,16H,8-15H2,1-3H3,(H,22,27)/t16-/m0/s1. The minimum atomic E-state index is -3.56. The van der Waals surface area contributed by atoms with Gasteiger partial charge in [0.05, 0.1) is 26.0 Å². The van der Waals surface area contributed by atoms with Crippen molar-refractivity contribution in [2.24, 2.45) is 0 Å². The zero-order chi connectivity index (χ0) is 23.0. The summed E-state index contributed by atoms with van der Waals surface area (Å²) in [4.78, 5) is 29.1. The van der Waals surface area contributed by atoms with Gasteiger partial charge >= 0.3 is 0 Å². The molecule has 0 radical (unpaired) electrons. The van der Waals surface area contributed by atoms with Crippen LogP contribution in [0.3, 0.4) is 0 Å². The number of ether oxygens (including phenoxy) is 1. The molecule has 0 saturated carbocycles. The van der Waals surface area contributed by atoms with E-state index in [1.165, 1.54) is 36.2 Å². The molecule has 1 N–H and O–H groups in total. The van der Waals surface area contributed by atoms with Gasteiger partial charge in [0.25, 0.3) is 0 Å². The Morgan fingerprint density at radius 1 is 1.23 bits per heavy atom. The van der Waals surface area contributed by atoms with Crippen molar-refractivity contribution >= 4 is 21.8 Å². The number of hydrogen-bond acceptors (Lipinski definition) is 6. The first-order chi connectivity index (χ1) is 14.6. The van der Waals surface area contributed by atoms with Crippen LogP contribution in [0.1, 0.15) is 12.5 Å². The molecule has 11 heteroatoms. The Morgan fingerprint density at radius 3 is 2.42 bits per heavy atom. The van der Waals surface area contributed by atoms with Gasteiger partial charge in [-0.3, -0.25) is 14.5 Å². The first-order valence-electron chi connectivity index (χ1n) is 10.1. The molecule has 9 nitrogen and oxygen atoms in total. The largest absolute Gasteiger partial charge is 0.379 e. The lowest BCUT2D eigenvalue weighted by Crippen LogP contribution is -2.51. The maximum absolute atomic E-state index is 13.2. The molecule has 1 atom stereocenters. The topological polar surface area (TPSA) is 99.3 Å². The number of sulfonamides is 1. The quantitative estimate of drug-likeness (QED) is 0.525. The highest BCUT2D eigenvalue weighted by Gasteiger charge is 2.28. The van der Waals surface area contributed by atoms with E-state index in [0.717, 1.165) is 23.7 Å². The van der Waals surface area contributed by atoms with Crippen LogP contribution in [-0.2, 0) is 30.9 Å². The first kappa shape index (κ1) is 25.2. The minimum absolute atomic E-state index is 0.0504. The number of rotatable bonds is 10. The summed E-state index contributed by atoms with van der Waals surface area (Å²) in [5.74, 6) is -1.27. The highest BCUT2D eigenvalue weighted by molar-refractivity contribution is 7.88. The summed E-state index contributed by atoms with van der Waals surface area (Å²) in [7, 11) is -2.26. The van der Waals surface area contributed by atoms with Crippen LogP contribution in [0.15, 0.2) is 24.3 Å². The normalized spacial score (nSPS) is 16.2. The second-order valence-electron chi connectivity index (χ2n) is 7.59. The fraction of sp³-hybridized carbons (Fsp3) is 0.600. The Labute approximate surface area is 183 Å². The average molecular weight is 459 g/mol. The Hall–Kier alpha value is -2.08. The number of nitrogens with zero attached hydrogens (tertiary/aromatic N) is 3. The number of halogens is 1. The number of benzene rings is 1. The predicted molar refractivity (Wildman–Crippen MR) is 114 cm³/mol. The van der Waals surface area contributed by atoms with Gasteiger partial charge in [-0.1, -0.05) is 12.1 Å². The van der Waals surface area contributed by atoms with Crippen molar-refractivity contribution in [3.05, 3.63) is 35.6 Å². The molecule has 0 aliphatic carbocycles. The second kappa shape index (κ2) is 11.5. The van der Waals surface area contributed by atoms with Crippen molar-refractivity contribution in [2.45, 2.75) is 19.5 Å². The van der Waals surface area contributed by atoms with Gasteiger partial charge in [0.15, 0.2) is 0 Å². The molecule has 0 unspecified atom stereocenters. The fourth-order valence-electron chi connectivity index (χ4n) is 3.08. The van der Waals surface area contributed by atoms with E-state index < -0.39 is 34.3 Å². The van der Waals surface area contributed by atoms with E-state index in [1.54, 1.807) is 6.92 Å². The summed E-state index contributed by atoms with van der Waals surface area (Å²) in [5.41, 5.74) is 0.629. The molecule has 0 spiro atoms. The molecule has 1 heterocycles. The average Bonchev–Trinajstić information content (AvgIpc) is 2.72. The third kappa shape index (κ3) is 8.17. The summed E-state index contributed by atoms with van der Waals surface area (Å²) < 4.78 is 42.9. The van der Waals surface area contributed by atoms with Crippen LogP contribution in [0.25, 0.3) is 0 Å². The fourth-order valence-corrected chi connectivity index (χ4v) is 3.42. The number of likely N-dealkylation sites (N-methyl/N-ethyl adjacent to an activating group) is 1. The lowest BCUT2D eigenvalue weighted by Gasteiger charge is -2.31. The lowest BCUT2D eigenvalue weighted by molar-refractivity contribution is -0.140. The zero-order valence-electron chi connectivity index (χ0n) is 18.2. The Balaban J connectivity index is 2.04. The molecular formula is C20H31FN4O5S. The zero-order valence-corrected chi connectivity index (χ0v) is 19.0. The van der Waals surface area contributed by atoms with Gasteiger partial charge in [-0.15, -0.1) is 0 Å². The molecule has 2 amide bonds. The van der Waals surface area contributed by atoms with Gasteiger partial charge in [0, 0.05) is 39.8 Å². The van der Waals surface area contributed by atoms with E-state index in [2.05, 4.69) is 10.2 Å². The van der Waals surface area contributed by atoms with Crippen LogP contribution >= 0.6 is 0 Å². The van der Waals surface area contributed by atoms with E-state index in [1.807, 2.05) is 0 Å². The van der Waals surface area contributed by atoms with E-state index >= 15 is 0 Å². The molecule has 2 rings (SSSR count). The van der Waals surface area contributed by atoms with Gasteiger partial charge in [0.2, 0.25) is 21.8 Å². The molecule has 1 fully saturated rings. The second-order valence-corrected chi connectivity index (χ2v) is 9.68. The molecule has 1 aromatic rings. The maximum atomic E-state index is 13.2.